The number of hydrogen-bond donors (Lipinski definition) is 4. The maximum Gasteiger partial charge on any atom is 0.274 e. The molecule has 2 fully saturated rings. The molecule has 2 aromatic heterocycles. The average molecular weight is 596 g/mol. The highest BCUT2D eigenvalue weighted by Crippen LogP contribution is 2.43. The number of aromatic nitrogens is 4. The third-order valence-electron chi connectivity index (χ3n) is 7.25. The lowest BCUT2D eigenvalue weighted by Crippen LogP contribution is -2.69. The Balaban J connectivity index is 1.31. The van der Waals surface area contributed by atoms with Crippen molar-refractivity contribution in [1.82, 2.24) is 25.5 Å². The molecule has 6 atom stereocenters. The summed E-state index contributed by atoms with van der Waals surface area (Å²) in [6.45, 7) is -0.685. The van der Waals surface area contributed by atoms with Crippen LogP contribution in [0.4, 0.5) is 13.2 Å². The van der Waals surface area contributed by atoms with Gasteiger partial charge in [0.1, 0.15) is 30.0 Å². The van der Waals surface area contributed by atoms with Crippen molar-refractivity contribution in [2.45, 2.75) is 42.6 Å². The van der Waals surface area contributed by atoms with Crippen LogP contribution in [0.3, 0.4) is 0 Å². The molecule has 4 N–H and O–H groups in total. The van der Waals surface area contributed by atoms with Gasteiger partial charge in [0.15, 0.2) is 28.7 Å². The quantitative estimate of drug-likeness (QED) is 0.250. The van der Waals surface area contributed by atoms with Crippen LogP contribution < -0.4 is 5.32 Å². The summed E-state index contributed by atoms with van der Waals surface area (Å²) in [5.41, 5.74) is -0.0293. The van der Waals surface area contributed by atoms with Crippen molar-refractivity contribution in [3.05, 3.63) is 64.7 Å². The van der Waals surface area contributed by atoms with Gasteiger partial charge in [-0.15, -0.1) is 5.10 Å². The second kappa shape index (κ2) is 10.3. The van der Waals surface area contributed by atoms with E-state index in [1.807, 2.05) is 0 Å². The first kappa shape index (κ1) is 27.6. The summed E-state index contributed by atoms with van der Waals surface area (Å²) in [6, 6.07) is 3.68. The number of rotatable bonds is 5. The van der Waals surface area contributed by atoms with Crippen LogP contribution in [0.5, 0.6) is 0 Å². The van der Waals surface area contributed by atoms with Gasteiger partial charge < -0.3 is 34.6 Å². The molecule has 0 aliphatic carbocycles. The van der Waals surface area contributed by atoms with Crippen LogP contribution in [-0.2, 0) is 9.47 Å². The maximum atomic E-state index is 13.8. The monoisotopic (exact) mass is 595 g/mol. The molecule has 16 heteroatoms. The van der Waals surface area contributed by atoms with Crippen molar-refractivity contribution >= 4 is 28.5 Å². The predicted molar refractivity (Wildman–Crippen MR) is 132 cm³/mol. The molecule has 4 heterocycles. The van der Waals surface area contributed by atoms with Crippen LogP contribution in [0.2, 0.25) is 5.02 Å². The third kappa shape index (κ3) is 4.54. The number of carbonyl (C=O) groups excluding carboxylic acids is 1. The zero-order valence-electron chi connectivity index (χ0n) is 20.7. The topological polar surface area (TPSA) is 165 Å². The first-order valence-corrected chi connectivity index (χ1v) is 12.7. The predicted octanol–water partition coefficient (Wildman–Crippen LogP) is 1.73. The number of hydrogen-bond acceptors (Lipinski definition) is 10. The molecule has 2 saturated heterocycles. The van der Waals surface area contributed by atoms with E-state index in [2.05, 4.69) is 20.8 Å². The van der Waals surface area contributed by atoms with Crippen LogP contribution in [-0.4, -0.2) is 84.7 Å². The SMILES string of the molecule is O=C(N[C@@H]1CCO[C@]12O[C@H](CO)[C@H](O)[C@H](n1cc(-c3cc(F)c(F)c(F)c3)nn1)[C@H]2O)c1noc2cc(Cl)ccc12. The first-order valence-electron chi connectivity index (χ1n) is 12.3. The van der Waals surface area contributed by atoms with Crippen molar-refractivity contribution in [3.63, 3.8) is 0 Å². The van der Waals surface area contributed by atoms with Crippen molar-refractivity contribution < 1.29 is 47.3 Å². The molecule has 6 rings (SSSR count). The summed E-state index contributed by atoms with van der Waals surface area (Å²) in [4.78, 5) is 13.2. The number of ether oxygens (including phenoxy) is 2. The number of nitrogens with one attached hydrogen (secondary N) is 1. The van der Waals surface area contributed by atoms with Gasteiger partial charge >= 0.3 is 0 Å². The Morgan fingerprint density at radius 3 is 2.68 bits per heavy atom. The molecule has 0 radical (unpaired) electrons. The van der Waals surface area contributed by atoms with Crippen LogP contribution in [0.25, 0.3) is 22.2 Å². The lowest BCUT2D eigenvalue weighted by atomic mass is 9.86. The lowest BCUT2D eigenvalue weighted by Gasteiger charge is -2.49. The van der Waals surface area contributed by atoms with E-state index in [-0.39, 0.29) is 35.6 Å². The lowest BCUT2D eigenvalue weighted by molar-refractivity contribution is -0.344. The Labute approximate surface area is 233 Å². The standard InChI is InChI=1S/C25H21ClF3N5O7/c26-11-1-2-12-16(7-11)41-32-20(12)24(38)30-18-3-4-39-25(18)23(37)21(22(36)17(9-35)40-25)34-8-15(31-33-34)10-5-13(27)19(29)14(28)6-10/h1-2,5-8,17-18,21-23,35-37H,3-4,9H2,(H,30,38)/t17-,18-,21+,22+,23-,25+/m1/s1. The van der Waals surface area contributed by atoms with E-state index in [1.54, 1.807) is 12.1 Å². The summed E-state index contributed by atoms with van der Waals surface area (Å²) in [7, 11) is 0. The van der Waals surface area contributed by atoms with Gasteiger partial charge in [0, 0.05) is 16.7 Å². The highest BCUT2D eigenvalue weighted by molar-refractivity contribution is 6.31. The van der Waals surface area contributed by atoms with E-state index in [9.17, 15) is 33.3 Å². The Bertz CT molecular complexity index is 1610. The summed E-state index contributed by atoms with van der Waals surface area (Å²) < 4.78 is 59.0. The van der Waals surface area contributed by atoms with Crippen LogP contribution in [0.15, 0.2) is 41.1 Å². The maximum absolute atomic E-state index is 13.8. The highest BCUT2D eigenvalue weighted by atomic mass is 35.5. The highest BCUT2D eigenvalue weighted by Gasteiger charge is 2.62. The normalized spacial score (nSPS) is 28.0. The van der Waals surface area contributed by atoms with Crippen molar-refractivity contribution in [1.29, 1.82) is 0 Å². The zero-order chi connectivity index (χ0) is 29.1. The van der Waals surface area contributed by atoms with E-state index in [4.69, 9.17) is 25.6 Å². The number of halogens is 4. The number of nitrogens with zero attached hydrogens (tertiary/aromatic N) is 4. The molecule has 4 aromatic rings. The molecular formula is C25H21ClF3N5O7. The Morgan fingerprint density at radius 2 is 1.95 bits per heavy atom. The Hall–Kier alpha value is -3.60. The van der Waals surface area contributed by atoms with Crippen molar-refractivity contribution in [2.75, 3.05) is 13.2 Å². The third-order valence-corrected chi connectivity index (χ3v) is 7.49. The molecule has 0 bridgehead atoms. The molecular weight excluding hydrogens is 575 g/mol. The van der Waals surface area contributed by atoms with Crippen molar-refractivity contribution in [3.8, 4) is 11.3 Å². The number of aliphatic hydroxyl groups excluding tert-OH is 3. The summed E-state index contributed by atoms with van der Waals surface area (Å²) >= 11 is 5.97. The van der Waals surface area contributed by atoms with Gasteiger partial charge in [-0.25, -0.2) is 17.9 Å². The van der Waals surface area contributed by atoms with E-state index in [0.29, 0.717) is 10.4 Å². The second-order valence-electron chi connectivity index (χ2n) is 9.66. The summed E-state index contributed by atoms with van der Waals surface area (Å²) in [5.74, 6) is -7.18. The van der Waals surface area contributed by atoms with Gasteiger partial charge in [0.25, 0.3) is 5.91 Å². The Morgan fingerprint density at radius 1 is 1.20 bits per heavy atom. The summed E-state index contributed by atoms with van der Waals surface area (Å²) in [6.07, 6.45) is -3.25. The molecule has 1 spiro atoms. The van der Waals surface area contributed by atoms with Crippen LogP contribution >= 0.6 is 11.6 Å². The van der Waals surface area contributed by atoms with Gasteiger partial charge in [-0.1, -0.05) is 22.0 Å². The van der Waals surface area contributed by atoms with E-state index in [0.717, 1.165) is 16.8 Å². The molecule has 216 valence electrons. The average Bonchev–Trinajstić information content (AvgIpc) is 3.68. The van der Waals surface area contributed by atoms with Crippen molar-refractivity contribution in [2.24, 2.45) is 0 Å². The van der Waals surface area contributed by atoms with E-state index >= 15 is 0 Å². The molecule has 0 saturated carbocycles. The number of amides is 1. The van der Waals surface area contributed by atoms with Crippen LogP contribution in [0.1, 0.15) is 23.0 Å². The van der Waals surface area contributed by atoms with Gasteiger partial charge in [-0.05, 0) is 30.7 Å². The van der Waals surface area contributed by atoms with Gasteiger partial charge in [0.2, 0.25) is 5.79 Å². The first-order chi connectivity index (χ1) is 19.6. The number of carbonyl (C=O) groups is 1. The van der Waals surface area contributed by atoms with Gasteiger partial charge in [0.05, 0.1) is 30.8 Å². The van der Waals surface area contributed by atoms with E-state index in [1.165, 1.54) is 12.3 Å². The largest absolute Gasteiger partial charge is 0.394 e. The zero-order valence-corrected chi connectivity index (χ0v) is 21.5. The van der Waals surface area contributed by atoms with Crippen LogP contribution in [0, 0.1) is 17.5 Å². The minimum atomic E-state index is -1.96. The minimum absolute atomic E-state index is 0.0227. The minimum Gasteiger partial charge on any atom is -0.394 e. The number of aliphatic hydroxyl groups is 3. The second-order valence-corrected chi connectivity index (χ2v) is 10.1. The summed E-state index contributed by atoms with van der Waals surface area (Å²) in [5, 5.41) is 47.5. The molecule has 12 nitrogen and oxygen atoms in total. The number of fused-ring (bicyclic) bond motifs is 1. The molecule has 41 heavy (non-hydrogen) atoms. The fourth-order valence-corrected chi connectivity index (χ4v) is 5.41. The smallest absolute Gasteiger partial charge is 0.274 e. The Kier molecular flexibility index (Phi) is 6.96. The van der Waals surface area contributed by atoms with E-state index < -0.39 is 66.1 Å². The van der Waals surface area contributed by atoms with Gasteiger partial charge in [-0.2, -0.15) is 0 Å². The molecule has 2 aliphatic heterocycles. The fourth-order valence-electron chi connectivity index (χ4n) is 5.25. The fraction of sp³-hybridized carbons (Fsp3) is 0.360. The number of benzene rings is 2. The molecule has 1 amide bonds. The molecule has 2 aromatic carbocycles. The molecule has 2 aliphatic rings. The molecule has 0 unspecified atom stereocenters. The van der Waals surface area contributed by atoms with Gasteiger partial charge in [-0.3, -0.25) is 4.79 Å².